The first-order valence-corrected chi connectivity index (χ1v) is 7.75. The van der Waals surface area contributed by atoms with E-state index in [1.165, 1.54) is 64.7 Å². The molecule has 1 heterocycles. The maximum Gasteiger partial charge on any atom is 0.0207 e. The summed E-state index contributed by atoms with van der Waals surface area (Å²) in [6.45, 7) is 9.90. The Morgan fingerprint density at radius 1 is 1.18 bits per heavy atom. The van der Waals surface area contributed by atoms with Crippen molar-refractivity contribution in [1.82, 2.24) is 10.2 Å². The van der Waals surface area contributed by atoms with Crippen molar-refractivity contribution in [2.75, 3.05) is 26.2 Å². The average molecular weight is 238 g/mol. The molecule has 1 saturated carbocycles. The van der Waals surface area contributed by atoms with Gasteiger partial charge in [-0.15, -0.1) is 0 Å². The van der Waals surface area contributed by atoms with Gasteiger partial charge in [-0.05, 0) is 44.2 Å². The molecular formula is C15H30N2. The Balaban J connectivity index is 1.69. The van der Waals surface area contributed by atoms with Crippen LogP contribution in [0.5, 0.6) is 0 Å². The van der Waals surface area contributed by atoms with E-state index in [2.05, 4.69) is 24.1 Å². The number of likely N-dealkylation sites (tertiary alicyclic amines) is 1. The van der Waals surface area contributed by atoms with Crippen molar-refractivity contribution in [3.8, 4) is 0 Å². The van der Waals surface area contributed by atoms with Gasteiger partial charge in [0.2, 0.25) is 0 Å². The summed E-state index contributed by atoms with van der Waals surface area (Å²) < 4.78 is 0. The highest BCUT2D eigenvalue weighted by molar-refractivity contribution is 4.84. The highest BCUT2D eigenvalue weighted by atomic mass is 15.2. The van der Waals surface area contributed by atoms with Gasteiger partial charge in [-0.3, -0.25) is 0 Å². The van der Waals surface area contributed by atoms with Crippen LogP contribution in [0.2, 0.25) is 0 Å². The van der Waals surface area contributed by atoms with Gasteiger partial charge in [0.15, 0.2) is 0 Å². The van der Waals surface area contributed by atoms with Gasteiger partial charge in [0.05, 0.1) is 0 Å². The van der Waals surface area contributed by atoms with Crippen LogP contribution < -0.4 is 5.32 Å². The molecule has 2 nitrogen and oxygen atoms in total. The molecular weight excluding hydrogens is 208 g/mol. The number of nitrogens with zero attached hydrogens (tertiary/aromatic N) is 1. The summed E-state index contributed by atoms with van der Waals surface area (Å²) in [4.78, 5) is 2.71. The molecule has 2 rings (SSSR count). The van der Waals surface area contributed by atoms with E-state index < -0.39 is 0 Å². The van der Waals surface area contributed by atoms with Crippen molar-refractivity contribution in [3.63, 3.8) is 0 Å². The van der Waals surface area contributed by atoms with Crippen LogP contribution in [0.25, 0.3) is 0 Å². The second-order valence-corrected chi connectivity index (χ2v) is 6.22. The molecule has 2 fully saturated rings. The first-order valence-electron chi connectivity index (χ1n) is 7.75. The van der Waals surface area contributed by atoms with E-state index in [0.717, 1.165) is 17.9 Å². The van der Waals surface area contributed by atoms with Crippen LogP contribution in [-0.4, -0.2) is 37.1 Å². The Bertz CT molecular complexity index is 217. The Hall–Kier alpha value is -0.0800. The second-order valence-electron chi connectivity index (χ2n) is 6.22. The third-order valence-corrected chi connectivity index (χ3v) is 4.74. The standard InChI is InChI=1S/C15H30N2/c1-3-9-16-15-8-10-17(12-15)11-14-7-5-4-6-13(14)2/h13-16H,3-12H2,1-2H3. The minimum absolute atomic E-state index is 0.772. The van der Waals surface area contributed by atoms with E-state index in [1.54, 1.807) is 0 Å². The van der Waals surface area contributed by atoms with Gasteiger partial charge >= 0.3 is 0 Å². The zero-order chi connectivity index (χ0) is 12.1. The first kappa shape index (κ1) is 13.4. The quantitative estimate of drug-likeness (QED) is 0.792. The Morgan fingerprint density at radius 2 is 2.00 bits per heavy atom. The fourth-order valence-electron chi connectivity index (χ4n) is 3.51. The van der Waals surface area contributed by atoms with Crippen molar-refractivity contribution < 1.29 is 0 Å². The highest BCUT2D eigenvalue weighted by Crippen LogP contribution is 2.30. The third-order valence-electron chi connectivity index (χ3n) is 4.74. The largest absolute Gasteiger partial charge is 0.313 e. The fourth-order valence-corrected chi connectivity index (χ4v) is 3.51. The van der Waals surface area contributed by atoms with Gasteiger partial charge in [-0.25, -0.2) is 0 Å². The second kappa shape index (κ2) is 6.75. The molecule has 1 aliphatic carbocycles. The monoisotopic (exact) mass is 238 g/mol. The van der Waals surface area contributed by atoms with Gasteiger partial charge in [0, 0.05) is 19.1 Å². The molecule has 2 aliphatic rings. The number of hydrogen-bond donors (Lipinski definition) is 1. The summed E-state index contributed by atoms with van der Waals surface area (Å²) in [5.41, 5.74) is 0. The zero-order valence-electron chi connectivity index (χ0n) is 11.8. The molecule has 2 heteroatoms. The van der Waals surface area contributed by atoms with Crippen molar-refractivity contribution in [2.24, 2.45) is 11.8 Å². The van der Waals surface area contributed by atoms with Crippen LogP contribution in [0.15, 0.2) is 0 Å². The first-order chi connectivity index (χ1) is 8.29. The molecule has 17 heavy (non-hydrogen) atoms. The van der Waals surface area contributed by atoms with Crippen molar-refractivity contribution >= 4 is 0 Å². The number of rotatable bonds is 5. The van der Waals surface area contributed by atoms with Crippen molar-refractivity contribution in [3.05, 3.63) is 0 Å². The van der Waals surface area contributed by atoms with Gasteiger partial charge < -0.3 is 10.2 Å². The highest BCUT2D eigenvalue weighted by Gasteiger charge is 2.27. The molecule has 0 bridgehead atoms. The lowest BCUT2D eigenvalue weighted by molar-refractivity contribution is 0.178. The average Bonchev–Trinajstić information content (AvgIpc) is 2.77. The van der Waals surface area contributed by atoms with Gasteiger partial charge in [0.1, 0.15) is 0 Å². The van der Waals surface area contributed by atoms with Crippen LogP contribution in [0.3, 0.4) is 0 Å². The van der Waals surface area contributed by atoms with E-state index in [0.29, 0.717) is 0 Å². The van der Waals surface area contributed by atoms with Crippen molar-refractivity contribution in [2.45, 2.75) is 58.4 Å². The summed E-state index contributed by atoms with van der Waals surface area (Å²) in [5.74, 6) is 1.94. The van der Waals surface area contributed by atoms with E-state index in [9.17, 15) is 0 Å². The molecule has 3 atom stereocenters. The summed E-state index contributed by atoms with van der Waals surface area (Å²) in [6.07, 6.45) is 8.51. The Morgan fingerprint density at radius 3 is 2.76 bits per heavy atom. The molecule has 0 amide bonds. The van der Waals surface area contributed by atoms with Crippen LogP contribution in [0.4, 0.5) is 0 Å². The molecule has 0 radical (unpaired) electrons. The maximum absolute atomic E-state index is 3.67. The minimum Gasteiger partial charge on any atom is -0.313 e. The van der Waals surface area contributed by atoms with Gasteiger partial charge in [-0.1, -0.05) is 33.1 Å². The third kappa shape index (κ3) is 3.96. The van der Waals surface area contributed by atoms with E-state index >= 15 is 0 Å². The predicted octanol–water partition coefficient (Wildman–Crippen LogP) is 2.89. The molecule has 1 saturated heterocycles. The summed E-state index contributed by atoms with van der Waals surface area (Å²) >= 11 is 0. The molecule has 0 aromatic rings. The molecule has 0 aromatic heterocycles. The van der Waals surface area contributed by atoms with Crippen LogP contribution in [-0.2, 0) is 0 Å². The smallest absolute Gasteiger partial charge is 0.0207 e. The van der Waals surface area contributed by atoms with Crippen LogP contribution in [0.1, 0.15) is 52.4 Å². The van der Waals surface area contributed by atoms with E-state index in [-0.39, 0.29) is 0 Å². The number of nitrogens with one attached hydrogen (secondary N) is 1. The molecule has 1 aliphatic heterocycles. The lowest BCUT2D eigenvalue weighted by Crippen LogP contribution is -2.36. The van der Waals surface area contributed by atoms with E-state index in [4.69, 9.17) is 0 Å². The van der Waals surface area contributed by atoms with Gasteiger partial charge in [0.25, 0.3) is 0 Å². The minimum atomic E-state index is 0.772. The lowest BCUT2D eigenvalue weighted by Gasteiger charge is -2.32. The maximum atomic E-state index is 3.67. The Labute approximate surface area is 107 Å². The predicted molar refractivity (Wildman–Crippen MR) is 74.3 cm³/mol. The molecule has 1 N–H and O–H groups in total. The summed E-state index contributed by atoms with van der Waals surface area (Å²) in [7, 11) is 0. The summed E-state index contributed by atoms with van der Waals surface area (Å²) in [5, 5.41) is 3.67. The van der Waals surface area contributed by atoms with Gasteiger partial charge in [-0.2, -0.15) is 0 Å². The number of hydrogen-bond acceptors (Lipinski definition) is 2. The molecule has 0 spiro atoms. The molecule has 100 valence electrons. The fraction of sp³-hybridized carbons (Fsp3) is 1.00. The molecule has 3 unspecified atom stereocenters. The van der Waals surface area contributed by atoms with Crippen LogP contribution >= 0.6 is 0 Å². The summed E-state index contributed by atoms with van der Waals surface area (Å²) in [6, 6.07) is 0.772. The molecule has 0 aromatic carbocycles. The lowest BCUT2D eigenvalue weighted by atomic mass is 9.80. The Kier molecular flexibility index (Phi) is 5.30. The topological polar surface area (TPSA) is 15.3 Å². The van der Waals surface area contributed by atoms with E-state index in [1.807, 2.05) is 0 Å². The normalized spacial score (nSPS) is 35.3. The van der Waals surface area contributed by atoms with Crippen molar-refractivity contribution in [1.29, 1.82) is 0 Å². The van der Waals surface area contributed by atoms with Crippen LogP contribution in [0, 0.1) is 11.8 Å². The SMILES string of the molecule is CCCNC1CCN(CC2CCCCC2C)C1. The zero-order valence-corrected chi connectivity index (χ0v) is 11.8.